The van der Waals surface area contributed by atoms with Crippen molar-refractivity contribution in [1.82, 2.24) is 0 Å². The van der Waals surface area contributed by atoms with Gasteiger partial charge in [-0.25, -0.2) is 0 Å². The molecule has 0 saturated heterocycles. The second-order valence-electron chi connectivity index (χ2n) is 12.0. The molecule has 3 aliphatic rings. The Kier molecular flexibility index (Phi) is 11.8. The number of nitrogens with zero attached hydrogens (tertiary/aromatic N) is 4. The largest absolute Gasteiger partial charge is 0.494 e. The zero-order valence-electron chi connectivity index (χ0n) is 26.1. The predicted molar refractivity (Wildman–Crippen MR) is 169 cm³/mol. The van der Waals surface area contributed by atoms with Crippen molar-refractivity contribution >= 4 is 11.4 Å². The van der Waals surface area contributed by atoms with Crippen LogP contribution >= 0.6 is 0 Å². The summed E-state index contributed by atoms with van der Waals surface area (Å²) in [5.41, 5.74) is 4.77. The fourth-order valence-corrected chi connectivity index (χ4v) is 6.56. The molecule has 0 amide bonds. The molecule has 2 aromatic rings. The number of ether oxygens (including phenoxy) is 5. The first kappa shape index (κ1) is 31.4. The zero-order valence-corrected chi connectivity index (χ0v) is 26.1. The van der Waals surface area contributed by atoms with Crippen LogP contribution in [0, 0.1) is 11.8 Å². The highest BCUT2D eigenvalue weighted by Crippen LogP contribution is 2.42. The van der Waals surface area contributed by atoms with Crippen molar-refractivity contribution in [3.05, 3.63) is 53.6 Å². The van der Waals surface area contributed by atoms with Crippen LogP contribution in [0.2, 0.25) is 0 Å². The number of methoxy groups -OCH3 is 2. The maximum Gasteiger partial charge on any atom is 0.142 e. The van der Waals surface area contributed by atoms with Gasteiger partial charge in [0, 0.05) is 46.3 Å². The van der Waals surface area contributed by atoms with E-state index < -0.39 is 0 Å². The van der Waals surface area contributed by atoms with E-state index in [4.69, 9.17) is 23.7 Å². The first-order valence-corrected chi connectivity index (χ1v) is 15.9. The van der Waals surface area contributed by atoms with Crippen LogP contribution in [-0.4, -0.2) is 72.1 Å². The Morgan fingerprint density at radius 3 is 2.63 bits per heavy atom. The summed E-state index contributed by atoms with van der Waals surface area (Å²) in [6.07, 6.45) is 6.41. The lowest BCUT2D eigenvalue weighted by molar-refractivity contribution is -0.00998. The molecular formula is C34H48N4O5. The standard InChI is InChI=1S/C34H48N4O5/c1-25(31-23-35-37-36-31)20-26-6-12-33(30(21-26)28-8-10-29(11-9-28)41-18-5-17-40-3)43-24-27-7-13-34-32(22-27)38(15-19-42-34)14-4-16-39-2/h7-11,13,22,25-26,30,33H,4-6,12,14-21,23-24H2,1-3H3/t25-,26+,30-,33+/m1/s1. The van der Waals surface area contributed by atoms with Crippen molar-refractivity contribution in [2.75, 3.05) is 65.2 Å². The zero-order chi connectivity index (χ0) is 29.9. The summed E-state index contributed by atoms with van der Waals surface area (Å²) in [6.45, 7) is 8.18. The predicted octanol–water partition coefficient (Wildman–Crippen LogP) is 6.65. The van der Waals surface area contributed by atoms with E-state index in [9.17, 15) is 0 Å². The number of rotatable bonds is 16. The normalized spacial score (nSPS) is 22.2. The van der Waals surface area contributed by atoms with Gasteiger partial charge in [-0.05, 0) is 84.6 Å². The molecule has 1 aliphatic carbocycles. The molecule has 9 nitrogen and oxygen atoms in total. The monoisotopic (exact) mass is 592 g/mol. The van der Waals surface area contributed by atoms with Crippen LogP contribution in [-0.2, 0) is 20.8 Å². The summed E-state index contributed by atoms with van der Waals surface area (Å²) in [5.74, 6) is 3.17. The lowest BCUT2D eigenvalue weighted by atomic mass is 9.73. The third-order valence-corrected chi connectivity index (χ3v) is 8.91. The summed E-state index contributed by atoms with van der Waals surface area (Å²) in [4.78, 5) is 2.41. The molecular weight excluding hydrogens is 544 g/mol. The molecule has 234 valence electrons. The molecule has 43 heavy (non-hydrogen) atoms. The van der Waals surface area contributed by atoms with Crippen LogP contribution in [0.4, 0.5) is 5.69 Å². The van der Waals surface area contributed by atoms with Crippen LogP contribution in [0.1, 0.15) is 62.5 Å². The lowest BCUT2D eigenvalue weighted by Gasteiger charge is -2.37. The van der Waals surface area contributed by atoms with Crippen molar-refractivity contribution in [3.8, 4) is 11.5 Å². The minimum atomic E-state index is 0.152. The van der Waals surface area contributed by atoms with Gasteiger partial charge in [0.05, 0.1) is 37.3 Å². The highest BCUT2D eigenvalue weighted by Gasteiger charge is 2.34. The molecule has 0 aromatic heterocycles. The minimum Gasteiger partial charge on any atom is -0.494 e. The van der Waals surface area contributed by atoms with E-state index in [0.717, 1.165) is 81.1 Å². The van der Waals surface area contributed by atoms with Crippen molar-refractivity contribution in [2.45, 2.75) is 64.1 Å². The van der Waals surface area contributed by atoms with Crippen LogP contribution < -0.4 is 14.4 Å². The maximum atomic E-state index is 6.76. The summed E-state index contributed by atoms with van der Waals surface area (Å²) >= 11 is 0. The van der Waals surface area contributed by atoms with Gasteiger partial charge in [0.25, 0.3) is 0 Å². The Bertz CT molecular complexity index is 1200. The van der Waals surface area contributed by atoms with E-state index in [-0.39, 0.29) is 6.10 Å². The van der Waals surface area contributed by atoms with E-state index in [1.807, 2.05) is 0 Å². The molecule has 2 heterocycles. The highest BCUT2D eigenvalue weighted by molar-refractivity contribution is 5.89. The molecule has 5 rings (SSSR count). The Morgan fingerprint density at radius 2 is 1.84 bits per heavy atom. The van der Waals surface area contributed by atoms with Gasteiger partial charge in [-0.3, -0.25) is 0 Å². The van der Waals surface area contributed by atoms with Crippen molar-refractivity contribution < 1.29 is 23.7 Å². The molecule has 0 spiro atoms. The van der Waals surface area contributed by atoms with Crippen LogP contribution in [0.3, 0.4) is 0 Å². The summed E-state index contributed by atoms with van der Waals surface area (Å²) < 4.78 is 29.1. The van der Waals surface area contributed by atoms with Gasteiger partial charge in [-0.15, -0.1) is 5.10 Å². The average Bonchev–Trinajstić information content (AvgIpc) is 3.59. The van der Waals surface area contributed by atoms with Crippen molar-refractivity contribution in [3.63, 3.8) is 0 Å². The molecule has 0 radical (unpaired) electrons. The quantitative estimate of drug-likeness (QED) is 0.203. The number of benzene rings is 2. The third-order valence-electron chi connectivity index (χ3n) is 8.91. The van der Waals surface area contributed by atoms with Crippen LogP contribution in [0.5, 0.6) is 11.5 Å². The van der Waals surface area contributed by atoms with E-state index in [1.54, 1.807) is 14.2 Å². The number of hydrogen-bond donors (Lipinski definition) is 0. The fourth-order valence-electron chi connectivity index (χ4n) is 6.56. The molecule has 0 bridgehead atoms. The Hall–Kier alpha value is -3.01. The van der Waals surface area contributed by atoms with Crippen molar-refractivity contribution in [1.29, 1.82) is 0 Å². The molecule has 0 unspecified atom stereocenters. The van der Waals surface area contributed by atoms with E-state index >= 15 is 0 Å². The average molecular weight is 593 g/mol. The second-order valence-corrected chi connectivity index (χ2v) is 12.0. The summed E-state index contributed by atoms with van der Waals surface area (Å²) in [6, 6.07) is 15.2. The SMILES string of the molecule is COCCCOc1ccc([C@H]2C[C@H](C[C@@H](C)C3=NN=NC3)CC[C@@H]2OCc2ccc3c(c2)N(CCCOC)CCO3)cc1. The molecule has 0 N–H and O–H groups in total. The van der Waals surface area contributed by atoms with E-state index in [1.165, 1.54) is 11.1 Å². The Morgan fingerprint density at radius 1 is 1.00 bits per heavy atom. The number of anilines is 1. The third kappa shape index (κ3) is 8.77. The lowest BCUT2D eigenvalue weighted by Crippen LogP contribution is -2.34. The highest BCUT2D eigenvalue weighted by atomic mass is 16.5. The Labute approximate surface area is 256 Å². The van der Waals surface area contributed by atoms with Gasteiger partial charge < -0.3 is 28.6 Å². The molecule has 4 atom stereocenters. The smallest absolute Gasteiger partial charge is 0.142 e. The van der Waals surface area contributed by atoms with Crippen LogP contribution in [0.15, 0.2) is 57.9 Å². The van der Waals surface area contributed by atoms with Gasteiger partial charge in [0.15, 0.2) is 0 Å². The van der Waals surface area contributed by atoms with Crippen molar-refractivity contribution in [2.24, 2.45) is 27.3 Å². The van der Waals surface area contributed by atoms with Gasteiger partial charge >= 0.3 is 0 Å². The maximum absolute atomic E-state index is 6.76. The molecule has 2 aromatic carbocycles. The first-order chi connectivity index (χ1) is 21.1. The molecule has 1 saturated carbocycles. The van der Waals surface area contributed by atoms with Gasteiger partial charge in [-0.1, -0.05) is 25.1 Å². The Balaban J connectivity index is 1.25. The molecule has 9 heteroatoms. The van der Waals surface area contributed by atoms with E-state index in [0.29, 0.717) is 50.7 Å². The minimum absolute atomic E-state index is 0.152. The van der Waals surface area contributed by atoms with Gasteiger partial charge in [0.2, 0.25) is 0 Å². The molecule has 1 fully saturated rings. The number of hydrogen-bond acceptors (Lipinski definition) is 9. The topological polar surface area (TPSA) is 86.5 Å². The number of fused-ring (bicyclic) bond motifs is 1. The van der Waals surface area contributed by atoms with Crippen LogP contribution in [0.25, 0.3) is 0 Å². The van der Waals surface area contributed by atoms with Gasteiger partial charge in [-0.2, -0.15) is 5.11 Å². The first-order valence-electron chi connectivity index (χ1n) is 15.9. The summed E-state index contributed by atoms with van der Waals surface area (Å²) in [7, 11) is 3.48. The van der Waals surface area contributed by atoms with E-state index in [2.05, 4.69) is 69.7 Å². The second kappa shape index (κ2) is 16.2. The molecule has 2 aliphatic heterocycles. The summed E-state index contributed by atoms with van der Waals surface area (Å²) in [5, 5.41) is 12.2. The van der Waals surface area contributed by atoms with Gasteiger partial charge in [0.1, 0.15) is 24.7 Å². The fraction of sp³-hybridized carbons (Fsp3) is 0.618.